The molecule has 122 valence electrons. The van der Waals surface area contributed by atoms with Crippen molar-refractivity contribution < 1.29 is 4.79 Å². The summed E-state index contributed by atoms with van der Waals surface area (Å²) in [4.78, 5) is 20.9. The summed E-state index contributed by atoms with van der Waals surface area (Å²) in [6.45, 7) is 7.27. The van der Waals surface area contributed by atoms with E-state index in [1.165, 1.54) is 17.5 Å². The van der Waals surface area contributed by atoms with Crippen LogP contribution in [0.2, 0.25) is 0 Å². The van der Waals surface area contributed by atoms with Crippen LogP contribution in [-0.4, -0.2) is 53.4 Å². The standard InChI is InChI=1S/C19H25N3O/c1-12-8-13(2)15-10-17(20-16(15)9-12)19(23)22-7-5-14-4-6-21(3)11-18(14)22/h8-10,14,18,20H,4-7,11H2,1-3H3. The number of H-pyrrole nitrogens is 1. The van der Waals surface area contributed by atoms with Crippen molar-refractivity contribution >= 4 is 16.8 Å². The summed E-state index contributed by atoms with van der Waals surface area (Å²) in [6, 6.07) is 6.72. The number of nitrogens with one attached hydrogen (secondary N) is 1. The van der Waals surface area contributed by atoms with Crippen LogP contribution >= 0.6 is 0 Å². The number of fused-ring (bicyclic) bond motifs is 2. The van der Waals surface area contributed by atoms with Crippen LogP contribution in [0.25, 0.3) is 10.9 Å². The van der Waals surface area contributed by atoms with Gasteiger partial charge >= 0.3 is 0 Å². The maximum Gasteiger partial charge on any atom is 0.270 e. The van der Waals surface area contributed by atoms with Crippen LogP contribution in [0.5, 0.6) is 0 Å². The minimum Gasteiger partial charge on any atom is -0.351 e. The molecular weight excluding hydrogens is 286 g/mol. The molecule has 3 heterocycles. The SMILES string of the molecule is Cc1cc(C)c2cc(C(=O)N3CCC4CCN(C)CC43)[nH]c2c1. The highest BCUT2D eigenvalue weighted by Gasteiger charge is 2.40. The van der Waals surface area contributed by atoms with Crippen molar-refractivity contribution in [2.75, 3.05) is 26.7 Å². The van der Waals surface area contributed by atoms with E-state index in [1.807, 2.05) is 6.07 Å². The smallest absolute Gasteiger partial charge is 0.270 e. The van der Waals surface area contributed by atoms with Crippen molar-refractivity contribution in [1.29, 1.82) is 0 Å². The number of nitrogens with zero attached hydrogens (tertiary/aromatic N) is 2. The molecule has 0 aliphatic carbocycles. The fourth-order valence-corrected chi connectivity index (χ4v) is 4.42. The number of carbonyl (C=O) groups excluding carboxylic acids is 1. The molecular formula is C19H25N3O. The summed E-state index contributed by atoms with van der Waals surface area (Å²) in [5, 5.41) is 1.16. The number of hydrogen-bond donors (Lipinski definition) is 1. The van der Waals surface area contributed by atoms with Gasteiger partial charge in [-0.3, -0.25) is 4.79 Å². The predicted octanol–water partition coefficient (Wildman–Crippen LogP) is 2.95. The number of aromatic nitrogens is 1. The molecule has 2 saturated heterocycles. The third kappa shape index (κ3) is 2.45. The first-order valence-electron chi connectivity index (χ1n) is 8.62. The van der Waals surface area contributed by atoms with Crippen LogP contribution in [0.1, 0.15) is 34.5 Å². The Morgan fingerprint density at radius 2 is 1.96 bits per heavy atom. The first kappa shape index (κ1) is 14.8. The number of hydrogen-bond acceptors (Lipinski definition) is 2. The lowest BCUT2D eigenvalue weighted by molar-refractivity contribution is 0.0627. The summed E-state index contributed by atoms with van der Waals surface area (Å²) in [6.07, 6.45) is 2.37. The van der Waals surface area contributed by atoms with E-state index in [9.17, 15) is 4.79 Å². The average Bonchev–Trinajstić information content (AvgIpc) is 3.10. The molecule has 2 unspecified atom stereocenters. The quantitative estimate of drug-likeness (QED) is 0.879. The molecule has 2 atom stereocenters. The van der Waals surface area contributed by atoms with Crippen LogP contribution in [0.15, 0.2) is 18.2 Å². The van der Waals surface area contributed by atoms with Gasteiger partial charge in [0, 0.05) is 30.0 Å². The number of amides is 1. The Labute approximate surface area is 137 Å². The molecule has 4 rings (SSSR count). The Morgan fingerprint density at radius 1 is 1.17 bits per heavy atom. The Morgan fingerprint density at radius 3 is 2.78 bits per heavy atom. The van der Waals surface area contributed by atoms with Crippen molar-refractivity contribution in [2.45, 2.75) is 32.7 Å². The Hall–Kier alpha value is -1.81. The van der Waals surface area contributed by atoms with Gasteiger partial charge in [0.05, 0.1) is 0 Å². The Balaban J connectivity index is 1.65. The summed E-state index contributed by atoms with van der Waals surface area (Å²) < 4.78 is 0. The lowest BCUT2D eigenvalue weighted by Gasteiger charge is -2.36. The van der Waals surface area contributed by atoms with Crippen molar-refractivity contribution in [3.63, 3.8) is 0 Å². The molecule has 0 saturated carbocycles. The topological polar surface area (TPSA) is 39.3 Å². The van der Waals surface area contributed by atoms with E-state index >= 15 is 0 Å². The second-order valence-electron chi connectivity index (χ2n) is 7.39. The molecule has 2 aliphatic rings. The van der Waals surface area contributed by atoms with Crippen LogP contribution < -0.4 is 0 Å². The molecule has 23 heavy (non-hydrogen) atoms. The van der Waals surface area contributed by atoms with Gasteiger partial charge in [-0.05, 0) is 69.5 Å². The minimum absolute atomic E-state index is 0.168. The zero-order valence-electron chi connectivity index (χ0n) is 14.2. The Bertz CT molecular complexity index is 763. The molecule has 0 spiro atoms. The van der Waals surface area contributed by atoms with Gasteiger partial charge in [0.1, 0.15) is 5.69 Å². The highest BCUT2D eigenvalue weighted by atomic mass is 16.2. The number of likely N-dealkylation sites (tertiary alicyclic amines) is 2. The predicted molar refractivity (Wildman–Crippen MR) is 92.8 cm³/mol. The molecule has 2 aliphatic heterocycles. The molecule has 1 aromatic carbocycles. The third-order valence-corrected chi connectivity index (χ3v) is 5.65. The zero-order chi connectivity index (χ0) is 16.1. The molecule has 1 N–H and O–H groups in total. The van der Waals surface area contributed by atoms with Crippen LogP contribution in [0, 0.1) is 19.8 Å². The van der Waals surface area contributed by atoms with Crippen molar-refractivity contribution in [1.82, 2.24) is 14.8 Å². The van der Waals surface area contributed by atoms with Crippen molar-refractivity contribution in [2.24, 2.45) is 5.92 Å². The number of benzene rings is 1. The van der Waals surface area contributed by atoms with E-state index in [1.54, 1.807) is 0 Å². The molecule has 1 amide bonds. The number of aromatic amines is 1. The first-order chi connectivity index (χ1) is 11.0. The lowest BCUT2D eigenvalue weighted by Crippen LogP contribution is -2.48. The number of piperidine rings is 1. The Kier molecular flexibility index (Phi) is 3.45. The van der Waals surface area contributed by atoms with Gasteiger partial charge in [-0.15, -0.1) is 0 Å². The normalized spacial score (nSPS) is 25.1. The maximum absolute atomic E-state index is 13.1. The summed E-state index contributed by atoms with van der Waals surface area (Å²) in [7, 11) is 2.16. The third-order valence-electron chi connectivity index (χ3n) is 5.65. The summed E-state index contributed by atoms with van der Waals surface area (Å²) in [5.41, 5.74) is 4.27. The summed E-state index contributed by atoms with van der Waals surface area (Å²) >= 11 is 0. The lowest BCUT2D eigenvalue weighted by atomic mass is 9.92. The van der Waals surface area contributed by atoms with Gasteiger partial charge in [0.25, 0.3) is 5.91 Å². The molecule has 4 nitrogen and oxygen atoms in total. The molecule has 2 fully saturated rings. The maximum atomic E-state index is 13.1. The highest BCUT2D eigenvalue weighted by molar-refractivity contribution is 5.99. The van der Waals surface area contributed by atoms with Crippen LogP contribution in [-0.2, 0) is 0 Å². The van der Waals surface area contributed by atoms with Gasteiger partial charge in [0.15, 0.2) is 0 Å². The van der Waals surface area contributed by atoms with Gasteiger partial charge < -0.3 is 14.8 Å². The van der Waals surface area contributed by atoms with Crippen LogP contribution in [0.3, 0.4) is 0 Å². The number of rotatable bonds is 1. The van der Waals surface area contributed by atoms with E-state index in [2.05, 4.69) is 47.8 Å². The van der Waals surface area contributed by atoms with E-state index in [0.29, 0.717) is 12.0 Å². The second-order valence-corrected chi connectivity index (χ2v) is 7.39. The van der Waals surface area contributed by atoms with Crippen molar-refractivity contribution in [3.8, 4) is 0 Å². The fraction of sp³-hybridized carbons (Fsp3) is 0.526. The molecule has 4 heteroatoms. The number of aryl methyl sites for hydroxylation is 2. The van der Waals surface area contributed by atoms with E-state index in [-0.39, 0.29) is 5.91 Å². The summed E-state index contributed by atoms with van der Waals surface area (Å²) in [5.74, 6) is 0.851. The number of likely N-dealkylation sites (N-methyl/N-ethyl adjacent to an activating group) is 1. The van der Waals surface area contributed by atoms with Crippen LogP contribution in [0.4, 0.5) is 0 Å². The molecule has 2 aromatic rings. The van der Waals surface area contributed by atoms with Gasteiger partial charge in [0.2, 0.25) is 0 Å². The largest absolute Gasteiger partial charge is 0.351 e. The van der Waals surface area contributed by atoms with Crippen molar-refractivity contribution in [3.05, 3.63) is 35.0 Å². The average molecular weight is 311 g/mol. The van der Waals surface area contributed by atoms with E-state index < -0.39 is 0 Å². The van der Waals surface area contributed by atoms with E-state index in [0.717, 1.165) is 42.7 Å². The fourth-order valence-electron chi connectivity index (χ4n) is 4.42. The molecule has 0 bridgehead atoms. The molecule has 0 radical (unpaired) electrons. The second kappa shape index (κ2) is 5.38. The highest BCUT2D eigenvalue weighted by Crippen LogP contribution is 2.32. The van der Waals surface area contributed by atoms with E-state index in [4.69, 9.17) is 0 Å². The van der Waals surface area contributed by atoms with Gasteiger partial charge in [-0.25, -0.2) is 0 Å². The monoisotopic (exact) mass is 311 g/mol. The van der Waals surface area contributed by atoms with Gasteiger partial charge in [-0.2, -0.15) is 0 Å². The molecule has 1 aromatic heterocycles. The zero-order valence-corrected chi connectivity index (χ0v) is 14.2. The number of carbonyl (C=O) groups is 1. The minimum atomic E-state index is 0.168. The van der Waals surface area contributed by atoms with Gasteiger partial charge in [-0.1, -0.05) is 6.07 Å². The first-order valence-corrected chi connectivity index (χ1v) is 8.62.